The largest absolute Gasteiger partial charge is 0.480 e. The molecular weight excluding hydrogens is 449 g/mol. The Morgan fingerprint density at radius 2 is 1.81 bits per heavy atom. The summed E-state index contributed by atoms with van der Waals surface area (Å²) in [5.74, 6) is -6.24. The second-order valence-corrected chi connectivity index (χ2v) is 9.34. The molecule has 13 heteroatoms. The van der Waals surface area contributed by atoms with Crippen LogP contribution >= 0.6 is 0 Å². The van der Waals surface area contributed by atoms with Gasteiger partial charge in [-0.05, 0) is 30.4 Å². The van der Waals surface area contributed by atoms with Crippen LogP contribution in [-0.2, 0) is 16.9 Å². The van der Waals surface area contributed by atoms with E-state index < -0.39 is 39.9 Å². The third kappa shape index (κ3) is 4.55. The van der Waals surface area contributed by atoms with Crippen LogP contribution in [0.2, 0.25) is 0 Å². The van der Waals surface area contributed by atoms with Gasteiger partial charge in [-0.1, -0.05) is 6.92 Å². The molecule has 1 saturated carbocycles. The van der Waals surface area contributed by atoms with Crippen molar-refractivity contribution in [1.82, 2.24) is 14.5 Å². The lowest BCUT2D eigenvalue weighted by molar-refractivity contribution is -0.290. The molecule has 0 saturated heterocycles. The Kier molecular flexibility index (Phi) is 5.84. The van der Waals surface area contributed by atoms with E-state index >= 15 is 0 Å². The molecule has 0 radical (unpaired) electrons. The van der Waals surface area contributed by atoms with Crippen molar-refractivity contribution in [3.05, 3.63) is 34.4 Å². The highest BCUT2D eigenvalue weighted by atomic mass is 32.2. The van der Waals surface area contributed by atoms with E-state index in [2.05, 4.69) is 14.7 Å². The molecule has 0 bridgehead atoms. The Morgan fingerprint density at radius 3 is 2.35 bits per heavy atom. The fourth-order valence-electron chi connectivity index (χ4n) is 2.75. The molecule has 2 aromatic heterocycles. The number of hydrogen-bond acceptors (Lipinski definition) is 6. The quantitative estimate of drug-likeness (QED) is 0.582. The fourth-order valence-corrected chi connectivity index (χ4v) is 3.82. The van der Waals surface area contributed by atoms with E-state index in [1.807, 2.05) is 0 Å². The number of sulfone groups is 1. The van der Waals surface area contributed by atoms with Gasteiger partial charge in [0.05, 0.1) is 16.8 Å². The van der Waals surface area contributed by atoms with Crippen LogP contribution < -0.4 is 10.3 Å². The molecule has 1 fully saturated rings. The Balaban J connectivity index is 2.02. The molecule has 7 nitrogen and oxygen atoms in total. The SMILES string of the molecule is CCS(=O)(=O)c1cc(C2CC2)cnc1-c1ncc(OCC(F)(F)C(F)(F)F)c(=O)n1C. The minimum Gasteiger partial charge on any atom is -0.480 e. The number of hydrogen-bond donors (Lipinski definition) is 0. The molecule has 0 unspecified atom stereocenters. The van der Waals surface area contributed by atoms with Crippen LogP contribution in [0, 0.1) is 0 Å². The summed E-state index contributed by atoms with van der Waals surface area (Å²) < 4.78 is 93.3. The van der Waals surface area contributed by atoms with E-state index in [1.54, 1.807) is 0 Å². The third-order valence-electron chi connectivity index (χ3n) is 4.81. The maximum atomic E-state index is 13.1. The summed E-state index contributed by atoms with van der Waals surface area (Å²) in [7, 11) is -2.61. The van der Waals surface area contributed by atoms with E-state index in [9.17, 15) is 35.2 Å². The molecule has 0 N–H and O–H groups in total. The molecule has 31 heavy (non-hydrogen) atoms. The normalized spacial score (nSPS) is 15.2. The van der Waals surface area contributed by atoms with E-state index in [0.29, 0.717) is 6.20 Å². The van der Waals surface area contributed by atoms with Crippen molar-refractivity contribution in [2.75, 3.05) is 12.4 Å². The number of rotatable bonds is 7. The molecule has 2 heterocycles. The molecule has 0 aliphatic heterocycles. The first kappa shape index (κ1) is 23.1. The van der Waals surface area contributed by atoms with Crippen LogP contribution in [0.4, 0.5) is 22.0 Å². The number of nitrogens with zero attached hydrogens (tertiary/aromatic N) is 3. The van der Waals surface area contributed by atoms with E-state index in [4.69, 9.17) is 0 Å². The zero-order chi connectivity index (χ0) is 23.2. The van der Waals surface area contributed by atoms with E-state index in [0.717, 1.165) is 30.0 Å². The van der Waals surface area contributed by atoms with Gasteiger partial charge in [-0.2, -0.15) is 22.0 Å². The molecule has 1 aliphatic carbocycles. The molecule has 0 amide bonds. The van der Waals surface area contributed by atoms with Gasteiger partial charge in [-0.3, -0.25) is 14.3 Å². The third-order valence-corrected chi connectivity index (χ3v) is 6.55. The summed E-state index contributed by atoms with van der Waals surface area (Å²) in [5.41, 5.74) is -0.468. The Morgan fingerprint density at radius 1 is 1.16 bits per heavy atom. The van der Waals surface area contributed by atoms with Crippen molar-refractivity contribution in [2.45, 2.75) is 42.7 Å². The lowest BCUT2D eigenvalue weighted by atomic mass is 10.2. The van der Waals surface area contributed by atoms with Crippen LogP contribution in [-0.4, -0.2) is 47.4 Å². The van der Waals surface area contributed by atoms with Crippen molar-refractivity contribution < 1.29 is 35.1 Å². The summed E-state index contributed by atoms with van der Waals surface area (Å²) in [6.45, 7) is -0.663. The van der Waals surface area contributed by atoms with Crippen LogP contribution in [0.15, 0.2) is 28.2 Å². The van der Waals surface area contributed by atoms with Gasteiger partial charge in [-0.15, -0.1) is 0 Å². The highest BCUT2D eigenvalue weighted by Gasteiger charge is 2.58. The van der Waals surface area contributed by atoms with Crippen LogP contribution in [0.3, 0.4) is 0 Å². The molecule has 0 aromatic carbocycles. The highest BCUT2D eigenvalue weighted by Crippen LogP contribution is 2.41. The van der Waals surface area contributed by atoms with Crippen LogP contribution in [0.5, 0.6) is 5.75 Å². The highest BCUT2D eigenvalue weighted by molar-refractivity contribution is 7.91. The Labute approximate surface area is 173 Å². The van der Waals surface area contributed by atoms with Gasteiger partial charge in [0.2, 0.25) is 5.75 Å². The molecule has 3 rings (SSSR count). The molecule has 0 atom stereocenters. The fraction of sp³-hybridized carbons (Fsp3) is 0.500. The smallest absolute Gasteiger partial charge is 0.456 e. The topological polar surface area (TPSA) is 91.2 Å². The van der Waals surface area contributed by atoms with Crippen molar-refractivity contribution in [3.63, 3.8) is 0 Å². The Hall–Kier alpha value is -2.57. The first-order valence-electron chi connectivity index (χ1n) is 9.15. The first-order chi connectivity index (χ1) is 14.3. The lowest BCUT2D eigenvalue weighted by Crippen LogP contribution is -2.42. The van der Waals surface area contributed by atoms with Crippen molar-refractivity contribution in [2.24, 2.45) is 7.05 Å². The predicted molar refractivity (Wildman–Crippen MR) is 98.9 cm³/mol. The van der Waals surface area contributed by atoms with Gasteiger partial charge < -0.3 is 4.74 Å². The van der Waals surface area contributed by atoms with Gasteiger partial charge in [-0.25, -0.2) is 13.4 Å². The lowest BCUT2D eigenvalue weighted by Gasteiger charge is -2.19. The van der Waals surface area contributed by atoms with Crippen molar-refractivity contribution >= 4 is 9.84 Å². The minimum absolute atomic E-state index is 0.127. The van der Waals surface area contributed by atoms with Crippen LogP contribution in [0.1, 0.15) is 31.2 Å². The van der Waals surface area contributed by atoms with E-state index in [-0.39, 0.29) is 28.1 Å². The van der Waals surface area contributed by atoms with Gasteiger partial charge in [0.15, 0.2) is 22.3 Å². The van der Waals surface area contributed by atoms with Gasteiger partial charge >= 0.3 is 12.1 Å². The summed E-state index contributed by atoms with van der Waals surface area (Å²) >= 11 is 0. The van der Waals surface area contributed by atoms with E-state index in [1.165, 1.54) is 19.2 Å². The molecule has 170 valence electrons. The summed E-state index contributed by atoms with van der Waals surface area (Å²) in [4.78, 5) is 20.3. The molecule has 1 aliphatic rings. The van der Waals surface area contributed by atoms with Gasteiger partial charge in [0.25, 0.3) is 5.56 Å². The minimum atomic E-state index is -5.84. The zero-order valence-electron chi connectivity index (χ0n) is 16.4. The number of aromatic nitrogens is 3. The first-order valence-corrected chi connectivity index (χ1v) is 10.8. The second-order valence-electron chi connectivity index (χ2n) is 7.09. The summed E-state index contributed by atoms with van der Waals surface area (Å²) in [6, 6.07) is 1.47. The number of halogens is 5. The Bertz CT molecular complexity index is 1160. The summed E-state index contributed by atoms with van der Waals surface area (Å²) in [5, 5.41) is 0. The molecule has 0 spiro atoms. The van der Waals surface area contributed by atoms with Crippen molar-refractivity contribution in [1.29, 1.82) is 0 Å². The number of pyridine rings is 1. The van der Waals surface area contributed by atoms with Gasteiger partial charge in [0.1, 0.15) is 5.69 Å². The second kappa shape index (κ2) is 7.84. The molecule has 2 aromatic rings. The number of ether oxygens (including phenoxy) is 1. The average molecular weight is 467 g/mol. The van der Waals surface area contributed by atoms with Crippen molar-refractivity contribution in [3.8, 4) is 17.3 Å². The molecular formula is C18H18F5N3O4S. The predicted octanol–water partition coefficient (Wildman–Crippen LogP) is 3.09. The maximum Gasteiger partial charge on any atom is 0.456 e. The zero-order valence-corrected chi connectivity index (χ0v) is 17.2. The van der Waals surface area contributed by atoms with Gasteiger partial charge in [0, 0.05) is 13.2 Å². The van der Waals surface area contributed by atoms with Crippen LogP contribution in [0.25, 0.3) is 11.5 Å². The number of alkyl halides is 5. The summed E-state index contributed by atoms with van der Waals surface area (Å²) in [6.07, 6.45) is -1.90. The maximum absolute atomic E-state index is 13.1. The monoisotopic (exact) mass is 467 g/mol. The average Bonchev–Trinajstić information content (AvgIpc) is 3.53. The standard InChI is InChI=1S/C18H18F5N3O4S/c1-3-31(28,29)13-6-11(10-4-5-10)7-24-14(13)15-25-8-12(16(27)26(15)2)30-9-17(19,20)18(21,22)23/h6-8,10H,3-5,9H2,1-2H3.